The molecule has 3 N–H and O–H groups in total. The van der Waals surface area contributed by atoms with E-state index in [0.717, 1.165) is 55.3 Å². The number of nitrogens with zero attached hydrogens (tertiary/aromatic N) is 2. The van der Waals surface area contributed by atoms with Crippen molar-refractivity contribution in [1.29, 1.82) is 0 Å². The third-order valence-corrected chi connectivity index (χ3v) is 5.56. The minimum Gasteiger partial charge on any atom is -0.408 e. The number of halogens is 1. The molecule has 146 valence electrons. The molecule has 1 aromatic heterocycles. The quantitative estimate of drug-likeness (QED) is 0.677. The van der Waals surface area contributed by atoms with Crippen LogP contribution in [0.2, 0.25) is 5.02 Å². The highest BCUT2D eigenvalue weighted by Crippen LogP contribution is 2.30. The van der Waals surface area contributed by atoms with Crippen molar-refractivity contribution in [2.75, 3.05) is 19.6 Å². The molecule has 0 atom stereocenters. The van der Waals surface area contributed by atoms with Gasteiger partial charge in [0.15, 0.2) is 5.75 Å². The average Bonchev–Trinajstić information content (AvgIpc) is 3.13. The summed E-state index contributed by atoms with van der Waals surface area (Å²) in [6, 6.07) is 13.5. The van der Waals surface area contributed by atoms with E-state index in [0.29, 0.717) is 17.2 Å². The van der Waals surface area contributed by atoms with Gasteiger partial charge in [0.1, 0.15) is 11.3 Å². The van der Waals surface area contributed by atoms with Crippen LogP contribution in [-0.4, -0.2) is 40.6 Å². The fraction of sp³-hybridized carbons (Fsp3) is 0.333. The third-order valence-electron chi connectivity index (χ3n) is 5.31. The Morgan fingerprint density at radius 3 is 2.68 bits per heavy atom. The van der Waals surface area contributed by atoms with E-state index >= 15 is 0 Å². The van der Waals surface area contributed by atoms with Gasteiger partial charge in [-0.3, -0.25) is 0 Å². The highest BCUT2D eigenvalue weighted by molar-refractivity contribution is 6.30. The molecular weight excluding hydrogens is 376 g/mol. The average molecular weight is 399 g/mol. The van der Waals surface area contributed by atoms with Gasteiger partial charge in [-0.05, 0) is 62.2 Å². The number of carbonyl (C=O) groups excluding carboxylic acids is 1. The van der Waals surface area contributed by atoms with Crippen LogP contribution >= 0.6 is 11.6 Å². The molecule has 3 aromatic rings. The van der Waals surface area contributed by atoms with E-state index in [1.807, 2.05) is 24.3 Å². The minimum atomic E-state index is -0.828. The molecule has 28 heavy (non-hydrogen) atoms. The second-order valence-corrected chi connectivity index (χ2v) is 7.62. The molecule has 6 nitrogen and oxygen atoms in total. The van der Waals surface area contributed by atoms with Crippen LogP contribution in [0.25, 0.3) is 11.0 Å². The van der Waals surface area contributed by atoms with Crippen molar-refractivity contribution < 1.29 is 9.53 Å². The molecule has 2 heterocycles. The van der Waals surface area contributed by atoms with Crippen LogP contribution in [0.3, 0.4) is 0 Å². The van der Waals surface area contributed by atoms with Gasteiger partial charge in [-0.25, -0.2) is 9.78 Å². The van der Waals surface area contributed by atoms with Crippen molar-refractivity contribution in [3.05, 3.63) is 58.9 Å². The van der Waals surface area contributed by atoms with Gasteiger partial charge in [0.05, 0.1) is 5.52 Å². The molecule has 0 radical (unpaired) electrons. The zero-order valence-electron chi connectivity index (χ0n) is 15.5. The van der Waals surface area contributed by atoms with E-state index in [2.05, 4.69) is 22.0 Å². The lowest BCUT2D eigenvalue weighted by molar-refractivity contribution is 0.211. The Balaban J connectivity index is 1.37. The lowest BCUT2D eigenvalue weighted by Gasteiger charge is -2.31. The number of para-hydroxylation sites is 1. The van der Waals surface area contributed by atoms with E-state index < -0.39 is 6.09 Å². The van der Waals surface area contributed by atoms with E-state index in [-0.39, 0.29) is 0 Å². The third kappa shape index (κ3) is 4.29. The first kappa shape index (κ1) is 18.8. The lowest BCUT2D eigenvalue weighted by Crippen LogP contribution is -2.34. The largest absolute Gasteiger partial charge is 0.410 e. The number of likely N-dealkylation sites (tertiary alicyclic amines) is 1. The molecule has 7 heteroatoms. The van der Waals surface area contributed by atoms with Crippen LogP contribution in [0.15, 0.2) is 42.5 Å². The maximum absolute atomic E-state index is 11.1. The fourth-order valence-electron chi connectivity index (χ4n) is 3.78. The molecule has 1 amide bonds. The normalized spacial score (nSPS) is 15.8. The van der Waals surface area contributed by atoms with Gasteiger partial charge in [-0.1, -0.05) is 29.8 Å². The zero-order chi connectivity index (χ0) is 19.5. The Labute approximate surface area is 168 Å². The van der Waals surface area contributed by atoms with Gasteiger partial charge in [0.25, 0.3) is 0 Å². The van der Waals surface area contributed by atoms with Gasteiger partial charge in [-0.15, -0.1) is 0 Å². The maximum atomic E-state index is 11.1. The SMILES string of the molecule is NC(=O)Oc1cccc2[nH]c(C3CCN(CCc4ccc(Cl)cc4)CC3)nc12. The van der Waals surface area contributed by atoms with Crippen LogP contribution in [0.1, 0.15) is 30.1 Å². The molecule has 1 saturated heterocycles. The smallest absolute Gasteiger partial charge is 0.408 e. The second-order valence-electron chi connectivity index (χ2n) is 7.19. The molecule has 0 aliphatic carbocycles. The number of imidazole rings is 1. The van der Waals surface area contributed by atoms with Crippen LogP contribution in [-0.2, 0) is 6.42 Å². The molecular formula is C21H23ClN4O2. The van der Waals surface area contributed by atoms with Crippen molar-refractivity contribution >= 4 is 28.7 Å². The summed E-state index contributed by atoms with van der Waals surface area (Å²) >= 11 is 5.95. The predicted molar refractivity (Wildman–Crippen MR) is 110 cm³/mol. The van der Waals surface area contributed by atoms with Crippen LogP contribution in [0.5, 0.6) is 5.75 Å². The number of aromatic nitrogens is 2. The molecule has 0 saturated carbocycles. The molecule has 0 spiro atoms. The molecule has 2 aromatic carbocycles. The summed E-state index contributed by atoms with van der Waals surface area (Å²) < 4.78 is 5.07. The Morgan fingerprint density at radius 1 is 1.21 bits per heavy atom. The van der Waals surface area contributed by atoms with E-state index in [1.54, 1.807) is 6.07 Å². The minimum absolute atomic E-state index is 0.376. The van der Waals surface area contributed by atoms with Crippen LogP contribution < -0.4 is 10.5 Å². The standard InChI is InChI=1S/C21H23ClN4O2/c22-16-6-4-14(5-7-16)8-11-26-12-9-15(10-13-26)20-24-17-2-1-3-18(19(17)25-20)28-21(23)27/h1-7,15H,8-13H2,(H2,23,27)(H,24,25). The molecule has 0 bridgehead atoms. The summed E-state index contributed by atoms with van der Waals surface area (Å²) in [6.45, 7) is 3.13. The fourth-order valence-corrected chi connectivity index (χ4v) is 3.90. The predicted octanol–water partition coefficient (Wildman–Crippen LogP) is 4.10. The number of fused-ring (bicyclic) bond motifs is 1. The monoisotopic (exact) mass is 398 g/mol. The van der Waals surface area contributed by atoms with E-state index in [4.69, 9.17) is 27.1 Å². The molecule has 1 aliphatic rings. The van der Waals surface area contributed by atoms with Crippen LogP contribution in [0, 0.1) is 0 Å². The maximum Gasteiger partial charge on any atom is 0.410 e. The molecule has 4 rings (SSSR count). The summed E-state index contributed by atoms with van der Waals surface area (Å²) in [5.41, 5.74) is 7.97. The van der Waals surface area contributed by atoms with E-state index in [9.17, 15) is 4.79 Å². The van der Waals surface area contributed by atoms with Crippen molar-refractivity contribution in [3.8, 4) is 5.75 Å². The first-order chi connectivity index (χ1) is 13.6. The Morgan fingerprint density at radius 2 is 1.96 bits per heavy atom. The second kappa shape index (κ2) is 8.20. The van der Waals surface area contributed by atoms with Gasteiger partial charge in [-0.2, -0.15) is 0 Å². The first-order valence-corrected chi connectivity index (χ1v) is 9.89. The van der Waals surface area contributed by atoms with Crippen molar-refractivity contribution in [2.24, 2.45) is 5.73 Å². The van der Waals surface area contributed by atoms with Gasteiger partial charge in [0.2, 0.25) is 0 Å². The van der Waals surface area contributed by atoms with Crippen molar-refractivity contribution in [1.82, 2.24) is 14.9 Å². The first-order valence-electron chi connectivity index (χ1n) is 9.51. The molecule has 0 unspecified atom stereocenters. The number of piperidine rings is 1. The Hall–Kier alpha value is -2.57. The van der Waals surface area contributed by atoms with Crippen LogP contribution in [0.4, 0.5) is 4.79 Å². The highest BCUT2D eigenvalue weighted by atomic mass is 35.5. The number of nitrogens with two attached hydrogens (primary N) is 1. The molecule has 1 aliphatic heterocycles. The number of ether oxygens (including phenoxy) is 1. The summed E-state index contributed by atoms with van der Waals surface area (Å²) in [5, 5.41) is 0.778. The number of hydrogen-bond donors (Lipinski definition) is 2. The highest BCUT2D eigenvalue weighted by Gasteiger charge is 2.23. The number of aromatic amines is 1. The molecule has 1 fully saturated rings. The summed E-state index contributed by atoms with van der Waals surface area (Å²) in [4.78, 5) is 21.7. The van der Waals surface area contributed by atoms with E-state index in [1.165, 1.54) is 5.56 Å². The zero-order valence-corrected chi connectivity index (χ0v) is 16.3. The summed E-state index contributed by atoms with van der Waals surface area (Å²) in [7, 11) is 0. The van der Waals surface area contributed by atoms with Crippen molar-refractivity contribution in [2.45, 2.75) is 25.2 Å². The number of benzene rings is 2. The topological polar surface area (TPSA) is 84.2 Å². The number of nitrogens with one attached hydrogen (secondary N) is 1. The van der Waals surface area contributed by atoms with Gasteiger partial charge in [0, 0.05) is 17.5 Å². The Kier molecular flexibility index (Phi) is 5.50. The van der Waals surface area contributed by atoms with Gasteiger partial charge >= 0.3 is 6.09 Å². The van der Waals surface area contributed by atoms with Gasteiger partial charge < -0.3 is 20.4 Å². The number of H-pyrrole nitrogens is 1. The summed E-state index contributed by atoms with van der Waals surface area (Å²) in [5.74, 6) is 1.72. The number of rotatable bonds is 5. The number of hydrogen-bond acceptors (Lipinski definition) is 4. The number of primary amides is 1. The number of amides is 1. The lowest BCUT2D eigenvalue weighted by atomic mass is 9.96. The summed E-state index contributed by atoms with van der Waals surface area (Å²) in [6.07, 6.45) is 2.30. The van der Waals surface area contributed by atoms with Crippen molar-refractivity contribution in [3.63, 3.8) is 0 Å². The number of carbonyl (C=O) groups is 1. The Bertz CT molecular complexity index is 962.